The Morgan fingerprint density at radius 1 is 1.37 bits per heavy atom. The molecule has 0 spiro atoms. The monoisotopic (exact) mass is 262 g/mol. The lowest BCUT2D eigenvalue weighted by Crippen LogP contribution is -2.08. The number of carboxylic acid groups (broad SMARTS) is 1. The lowest BCUT2D eigenvalue weighted by atomic mass is 10.1. The average Bonchev–Trinajstić information content (AvgIpc) is 2.65. The number of benzene rings is 1. The Balaban J connectivity index is 2.51. The van der Waals surface area contributed by atoms with E-state index in [-0.39, 0.29) is 6.42 Å². The number of methoxy groups -OCH3 is 1. The number of aromatic nitrogens is 2. The molecule has 1 heterocycles. The highest BCUT2D eigenvalue weighted by Gasteiger charge is 2.12. The van der Waals surface area contributed by atoms with Crippen molar-refractivity contribution >= 4 is 17.0 Å². The smallest absolute Gasteiger partial charge is 0.305 e. The number of imidazole rings is 1. The third-order valence-corrected chi connectivity index (χ3v) is 3.27. The lowest BCUT2D eigenvalue weighted by Gasteiger charge is -2.08. The summed E-state index contributed by atoms with van der Waals surface area (Å²) in [6.45, 7) is 4.87. The Morgan fingerprint density at radius 3 is 2.68 bits per heavy atom. The maximum Gasteiger partial charge on any atom is 0.305 e. The Kier molecular flexibility index (Phi) is 3.85. The topological polar surface area (TPSA) is 64.4 Å². The largest absolute Gasteiger partial charge is 0.481 e. The van der Waals surface area contributed by atoms with Gasteiger partial charge < -0.3 is 14.4 Å². The van der Waals surface area contributed by atoms with E-state index in [9.17, 15) is 4.79 Å². The molecule has 102 valence electrons. The second-order valence-corrected chi connectivity index (χ2v) is 4.68. The van der Waals surface area contributed by atoms with E-state index in [1.54, 1.807) is 7.11 Å². The molecule has 0 radical (unpaired) electrons. The number of carbonyl (C=O) groups is 1. The van der Waals surface area contributed by atoms with Crippen molar-refractivity contribution in [2.75, 3.05) is 7.11 Å². The van der Waals surface area contributed by atoms with E-state index in [1.165, 1.54) is 11.1 Å². The highest BCUT2D eigenvalue weighted by atomic mass is 16.5. The molecule has 2 aromatic rings. The Bertz CT molecular complexity index is 617. The predicted octanol–water partition coefficient (Wildman–Crippen LogP) is 2.27. The van der Waals surface area contributed by atoms with E-state index in [1.807, 2.05) is 24.5 Å². The van der Waals surface area contributed by atoms with Gasteiger partial charge in [-0.25, -0.2) is 4.98 Å². The van der Waals surface area contributed by atoms with Gasteiger partial charge >= 0.3 is 5.97 Å². The number of aliphatic carboxylic acids is 1. The zero-order chi connectivity index (χ0) is 14.0. The SMILES string of the molecule is COCc1nc2cc(C)c(C)cc2n1CCC(=O)O. The number of aryl methyl sites for hydroxylation is 3. The summed E-state index contributed by atoms with van der Waals surface area (Å²) in [6.07, 6.45) is 0.0785. The van der Waals surface area contributed by atoms with E-state index >= 15 is 0 Å². The molecule has 0 saturated heterocycles. The van der Waals surface area contributed by atoms with Crippen LogP contribution in [0.5, 0.6) is 0 Å². The molecule has 19 heavy (non-hydrogen) atoms. The van der Waals surface area contributed by atoms with Crippen LogP contribution >= 0.6 is 0 Å². The van der Waals surface area contributed by atoms with Crippen molar-refractivity contribution in [3.63, 3.8) is 0 Å². The third kappa shape index (κ3) is 2.76. The molecule has 0 fully saturated rings. The van der Waals surface area contributed by atoms with E-state index < -0.39 is 5.97 Å². The second-order valence-electron chi connectivity index (χ2n) is 4.68. The van der Waals surface area contributed by atoms with Crippen LogP contribution in [-0.2, 0) is 22.7 Å². The zero-order valence-electron chi connectivity index (χ0n) is 11.4. The quantitative estimate of drug-likeness (QED) is 0.897. The number of carboxylic acids is 1. The Morgan fingerprint density at radius 2 is 2.05 bits per heavy atom. The molecule has 0 atom stereocenters. The summed E-state index contributed by atoms with van der Waals surface area (Å²) in [4.78, 5) is 15.3. The summed E-state index contributed by atoms with van der Waals surface area (Å²) in [5.41, 5.74) is 4.21. The minimum absolute atomic E-state index is 0.0785. The summed E-state index contributed by atoms with van der Waals surface area (Å²) in [7, 11) is 1.61. The lowest BCUT2D eigenvalue weighted by molar-refractivity contribution is -0.137. The molecule has 2 rings (SSSR count). The summed E-state index contributed by atoms with van der Waals surface area (Å²) in [5, 5.41) is 8.84. The van der Waals surface area contributed by atoms with Gasteiger partial charge in [-0.15, -0.1) is 0 Å². The maximum atomic E-state index is 10.8. The van der Waals surface area contributed by atoms with Crippen molar-refractivity contribution in [3.8, 4) is 0 Å². The van der Waals surface area contributed by atoms with Gasteiger partial charge in [0.05, 0.1) is 17.5 Å². The number of hydrogen-bond donors (Lipinski definition) is 1. The highest BCUT2D eigenvalue weighted by molar-refractivity contribution is 5.78. The number of rotatable bonds is 5. The van der Waals surface area contributed by atoms with Gasteiger partial charge in [0.25, 0.3) is 0 Å². The van der Waals surface area contributed by atoms with Crippen molar-refractivity contribution in [1.29, 1.82) is 0 Å². The zero-order valence-corrected chi connectivity index (χ0v) is 11.4. The molecule has 0 bridgehead atoms. The number of ether oxygens (including phenoxy) is 1. The van der Waals surface area contributed by atoms with E-state index in [0.29, 0.717) is 13.2 Å². The van der Waals surface area contributed by atoms with Gasteiger partial charge in [-0.05, 0) is 37.1 Å². The summed E-state index contributed by atoms with van der Waals surface area (Å²) in [6, 6.07) is 4.08. The molecule has 5 heteroatoms. The van der Waals surface area contributed by atoms with Crippen LogP contribution in [0, 0.1) is 13.8 Å². The first-order chi connectivity index (χ1) is 9.02. The Hall–Kier alpha value is -1.88. The molecule has 0 aliphatic carbocycles. The number of nitrogens with zero attached hydrogens (tertiary/aromatic N) is 2. The molecule has 0 amide bonds. The van der Waals surface area contributed by atoms with Crippen LogP contribution < -0.4 is 0 Å². The molecule has 0 aliphatic rings. The Labute approximate surface area is 111 Å². The van der Waals surface area contributed by atoms with Gasteiger partial charge in [0.2, 0.25) is 0 Å². The standard InChI is InChI=1S/C14H18N2O3/c1-9-6-11-12(7-10(9)2)16(5-4-14(17)18)13(15-11)8-19-3/h6-7H,4-5,8H2,1-3H3,(H,17,18). The molecular weight excluding hydrogens is 244 g/mol. The van der Waals surface area contributed by atoms with Crippen LogP contribution in [0.2, 0.25) is 0 Å². The van der Waals surface area contributed by atoms with Gasteiger partial charge in [-0.1, -0.05) is 0 Å². The van der Waals surface area contributed by atoms with Crippen molar-refractivity contribution in [3.05, 3.63) is 29.1 Å². The molecule has 5 nitrogen and oxygen atoms in total. The van der Waals surface area contributed by atoms with Crippen molar-refractivity contribution in [1.82, 2.24) is 9.55 Å². The van der Waals surface area contributed by atoms with Crippen LogP contribution in [0.3, 0.4) is 0 Å². The van der Waals surface area contributed by atoms with Gasteiger partial charge in [0, 0.05) is 13.7 Å². The van der Waals surface area contributed by atoms with Crippen LogP contribution in [0.15, 0.2) is 12.1 Å². The fourth-order valence-corrected chi connectivity index (χ4v) is 2.13. The van der Waals surface area contributed by atoms with Gasteiger partial charge in [-0.3, -0.25) is 4.79 Å². The minimum Gasteiger partial charge on any atom is -0.481 e. The maximum absolute atomic E-state index is 10.8. The molecule has 1 aromatic heterocycles. The van der Waals surface area contributed by atoms with E-state index in [2.05, 4.69) is 11.1 Å². The first-order valence-electron chi connectivity index (χ1n) is 6.20. The fourth-order valence-electron chi connectivity index (χ4n) is 2.13. The normalized spacial score (nSPS) is 11.1. The number of fused-ring (bicyclic) bond motifs is 1. The second kappa shape index (κ2) is 5.40. The number of hydrogen-bond acceptors (Lipinski definition) is 3. The van der Waals surface area contributed by atoms with Crippen molar-refractivity contribution < 1.29 is 14.6 Å². The third-order valence-electron chi connectivity index (χ3n) is 3.27. The molecular formula is C14H18N2O3. The summed E-state index contributed by atoms with van der Waals surface area (Å²) in [5.74, 6) is -0.0437. The molecule has 1 aromatic carbocycles. The minimum atomic E-state index is -0.811. The van der Waals surface area contributed by atoms with Crippen molar-refractivity contribution in [2.45, 2.75) is 33.4 Å². The molecule has 1 N–H and O–H groups in total. The van der Waals surface area contributed by atoms with Crippen LogP contribution in [-0.4, -0.2) is 27.7 Å². The van der Waals surface area contributed by atoms with Crippen LogP contribution in [0.25, 0.3) is 11.0 Å². The van der Waals surface area contributed by atoms with E-state index in [0.717, 1.165) is 16.9 Å². The summed E-state index contributed by atoms with van der Waals surface area (Å²) >= 11 is 0. The van der Waals surface area contributed by atoms with Crippen LogP contribution in [0.4, 0.5) is 0 Å². The van der Waals surface area contributed by atoms with Gasteiger partial charge in [0.15, 0.2) is 0 Å². The van der Waals surface area contributed by atoms with Gasteiger partial charge in [-0.2, -0.15) is 0 Å². The van der Waals surface area contributed by atoms with E-state index in [4.69, 9.17) is 9.84 Å². The predicted molar refractivity (Wildman–Crippen MR) is 72.2 cm³/mol. The average molecular weight is 262 g/mol. The summed E-state index contributed by atoms with van der Waals surface area (Å²) < 4.78 is 7.06. The molecule has 0 unspecified atom stereocenters. The highest BCUT2D eigenvalue weighted by Crippen LogP contribution is 2.21. The molecule has 0 aliphatic heterocycles. The molecule has 0 saturated carbocycles. The van der Waals surface area contributed by atoms with Gasteiger partial charge in [0.1, 0.15) is 12.4 Å². The van der Waals surface area contributed by atoms with Crippen LogP contribution in [0.1, 0.15) is 23.4 Å². The fraction of sp³-hybridized carbons (Fsp3) is 0.429. The first kappa shape index (κ1) is 13.5. The van der Waals surface area contributed by atoms with Crippen molar-refractivity contribution in [2.24, 2.45) is 0 Å². The first-order valence-corrected chi connectivity index (χ1v) is 6.20.